The van der Waals surface area contributed by atoms with E-state index in [1.165, 1.54) is 14.0 Å². The van der Waals surface area contributed by atoms with Crippen LogP contribution >= 0.6 is 0 Å². The second kappa shape index (κ2) is 8.06. The molecule has 8 nitrogen and oxygen atoms in total. The predicted molar refractivity (Wildman–Crippen MR) is 64.2 cm³/mol. The lowest BCUT2D eigenvalue weighted by Gasteiger charge is -2.13. The molecule has 8 heteroatoms. The average molecular weight is 274 g/mol. The minimum absolute atomic E-state index is 0.0909. The van der Waals surface area contributed by atoms with E-state index in [9.17, 15) is 19.2 Å². The third-order valence-corrected chi connectivity index (χ3v) is 2.21. The van der Waals surface area contributed by atoms with Crippen LogP contribution in [0.1, 0.15) is 26.7 Å². The van der Waals surface area contributed by atoms with Gasteiger partial charge in [-0.1, -0.05) is 6.92 Å². The molecular formula is C11H18N2O6. The third kappa shape index (κ3) is 7.74. The Kier molecular flexibility index (Phi) is 7.16. The Hall–Kier alpha value is -2.12. The number of rotatable bonds is 6. The Balaban J connectivity index is 4.09. The number of imide groups is 1. The van der Waals surface area contributed by atoms with Crippen LogP contribution in [0.25, 0.3) is 0 Å². The number of carboxylic acids is 1. The van der Waals surface area contributed by atoms with Gasteiger partial charge in [0, 0.05) is 12.8 Å². The summed E-state index contributed by atoms with van der Waals surface area (Å²) >= 11 is 0. The van der Waals surface area contributed by atoms with E-state index in [4.69, 9.17) is 5.11 Å². The summed E-state index contributed by atoms with van der Waals surface area (Å²) in [6, 6.07) is -1.71. The number of amides is 3. The molecule has 3 amide bonds. The van der Waals surface area contributed by atoms with Crippen molar-refractivity contribution in [2.75, 3.05) is 7.11 Å². The Labute approximate surface area is 110 Å². The summed E-state index contributed by atoms with van der Waals surface area (Å²) in [4.78, 5) is 44.1. The van der Waals surface area contributed by atoms with Gasteiger partial charge in [0.2, 0.25) is 5.91 Å². The van der Waals surface area contributed by atoms with Crippen molar-refractivity contribution in [1.82, 2.24) is 10.6 Å². The van der Waals surface area contributed by atoms with Crippen LogP contribution in [0, 0.1) is 5.92 Å². The van der Waals surface area contributed by atoms with Crippen molar-refractivity contribution in [1.29, 1.82) is 0 Å². The van der Waals surface area contributed by atoms with Crippen molar-refractivity contribution in [3.8, 4) is 0 Å². The van der Waals surface area contributed by atoms with Gasteiger partial charge in [-0.2, -0.15) is 0 Å². The molecule has 0 bridgehead atoms. The van der Waals surface area contributed by atoms with Crippen molar-refractivity contribution in [2.24, 2.45) is 5.92 Å². The summed E-state index contributed by atoms with van der Waals surface area (Å²) in [5.74, 6) is -2.64. The van der Waals surface area contributed by atoms with Gasteiger partial charge < -0.3 is 15.2 Å². The van der Waals surface area contributed by atoms with Gasteiger partial charge in [-0.15, -0.1) is 0 Å². The van der Waals surface area contributed by atoms with Gasteiger partial charge in [0.25, 0.3) is 0 Å². The van der Waals surface area contributed by atoms with Crippen LogP contribution in [0.4, 0.5) is 4.79 Å². The van der Waals surface area contributed by atoms with E-state index >= 15 is 0 Å². The van der Waals surface area contributed by atoms with Crippen molar-refractivity contribution >= 4 is 23.9 Å². The normalized spacial score (nSPS) is 13.0. The summed E-state index contributed by atoms with van der Waals surface area (Å²) in [7, 11) is 1.18. The highest BCUT2D eigenvalue weighted by atomic mass is 16.5. The molecule has 0 fully saturated rings. The monoisotopic (exact) mass is 274 g/mol. The molecule has 0 rings (SSSR count). The standard InChI is InChI=1S/C11H18N2O6/c1-6(5-9(15)16)4-8(14)13-11(18)12-7(2)10(17)19-3/h6-7H,4-5H2,1-3H3,(H,15,16)(H2,12,13,14,18). The lowest BCUT2D eigenvalue weighted by atomic mass is 10.0. The first-order chi connectivity index (χ1) is 8.76. The SMILES string of the molecule is COC(=O)C(C)NC(=O)NC(=O)CC(C)CC(=O)O. The zero-order valence-corrected chi connectivity index (χ0v) is 11.1. The molecular weight excluding hydrogens is 256 g/mol. The maximum atomic E-state index is 11.4. The number of urea groups is 1. The lowest BCUT2D eigenvalue weighted by Crippen LogP contribution is -2.47. The van der Waals surface area contributed by atoms with E-state index in [1.807, 2.05) is 5.32 Å². The van der Waals surface area contributed by atoms with Gasteiger partial charge in [0.1, 0.15) is 6.04 Å². The number of methoxy groups -OCH3 is 1. The predicted octanol–water partition coefficient (Wildman–Crippen LogP) is -0.125. The van der Waals surface area contributed by atoms with Gasteiger partial charge in [-0.05, 0) is 12.8 Å². The fraction of sp³-hybridized carbons (Fsp3) is 0.636. The molecule has 0 radical (unpaired) electrons. The topological polar surface area (TPSA) is 122 Å². The van der Waals surface area contributed by atoms with Gasteiger partial charge in [0.05, 0.1) is 7.11 Å². The maximum Gasteiger partial charge on any atom is 0.328 e. The third-order valence-electron chi connectivity index (χ3n) is 2.21. The molecule has 108 valence electrons. The van der Waals surface area contributed by atoms with Crippen LogP contribution in [-0.2, 0) is 19.1 Å². The zero-order chi connectivity index (χ0) is 15.0. The average Bonchev–Trinajstić information content (AvgIpc) is 2.25. The first-order valence-electron chi connectivity index (χ1n) is 5.66. The molecule has 0 aromatic rings. The second-order valence-electron chi connectivity index (χ2n) is 4.17. The van der Waals surface area contributed by atoms with E-state index in [0.717, 1.165) is 0 Å². The van der Waals surface area contributed by atoms with Crippen LogP contribution < -0.4 is 10.6 Å². The largest absolute Gasteiger partial charge is 0.481 e. The number of carbonyl (C=O) groups is 4. The Bertz CT molecular complexity index is 368. The molecule has 0 aliphatic heterocycles. The summed E-state index contributed by atoms with van der Waals surface area (Å²) in [5, 5.41) is 12.7. The van der Waals surface area contributed by atoms with Gasteiger partial charge in [0.15, 0.2) is 0 Å². The Morgan fingerprint density at radius 2 is 1.74 bits per heavy atom. The number of carboxylic acid groups (broad SMARTS) is 1. The van der Waals surface area contributed by atoms with Crippen LogP contribution in [0.5, 0.6) is 0 Å². The molecule has 0 heterocycles. The second-order valence-corrected chi connectivity index (χ2v) is 4.17. The molecule has 0 spiro atoms. The van der Waals surface area contributed by atoms with Crippen molar-refractivity contribution in [3.63, 3.8) is 0 Å². The number of hydrogen-bond acceptors (Lipinski definition) is 5. The summed E-state index contributed by atoms with van der Waals surface area (Å²) in [5.41, 5.74) is 0. The highest BCUT2D eigenvalue weighted by Crippen LogP contribution is 2.06. The number of hydrogen-bond donors (Lipinski definition) is 3. The number of carbonyl (C=O) groups excluding carboxylic acids is 3. The molecule has 19 heavy (non-hydrogen) atoms. The molecule has 0 saturated heterocycles. The summed E-state index contributed by atoms with van der Waals surface area (Å²) < 4.78 is 4.39. The molecule has 0 aromatic carbocycles. The first kappa shape index (κ1) is 16.9. The van der Waals surface area contributed by atoms with Gasteiger partial charge in [-0.3, -0.25) is 14.9 Å². The van der Waals surface area contributed by atoms with E-state index in [2.05, 4.69) is 10.1 Å². The minimum Gasteiger partial charge on any atom is -0.481 e. The fourth-order valence-electron chi connectivity index (χ4n) is 1.33. The van der Waals surface area contributed by atoms with Crippen LogP contribution in [0.15, 0.2) is 0 Å². The van der Waals surface area contributed by atoms with E-state index < -0.39 is 29.9 Å². The van der Waals surface area contributed by atoms with Crippen LogP contribution in [0.3, 0.4) is 0 Å². The Morgan fingerprint density at radius 3 is 2.21 bits per heavy atom. The van der Waals surface area contributed by atoms with Gasteiger partial charge in [-0.25, -0.2) is 9.59 Å². The van der Waals surface area contributed by atoms with Crippen molar-refractivity contribution < 1.29 is 29.0 Å². The van der Waals surface area contributed by atoms with Crippen molar-refractivity contribution in [2.45, 2.75) is 32.7 Å². The van der Waals surface area contributed by atoms with Crippen LogP contribution in [0.2, 0.25) is 0 Å². The summed E-state index contributed by atoms with van der Waals surface area (Å²) in [6.45, 7) is 2.99. The summed E-state index contributed by atoms with van der Waals surface area (Å²) in [6.07, 6.45) is -0.250. The number of nitrogens with one attached hydrogen (secondary N) is 2. The van der Waals surface area contributed by atoms with Crippen LogP contribution in [-0.4, -0.2) is 42.1 Å². The van der Waals surface area contributed by atoms with E-state index in [-0.39, 0.29) is 18.8 Å². The lowest BCUT2D eigenvalue weighted by molar-refractivity contribution is -0.142. The molecule has 3 N–H and O–H groups in total. The quantitative estimate of drug-likeness (QED) is 0.580. The molecule has 2 atom stereocenters. The minimum atomic E-state index is -1.01. The molecule has 0 aromatic heterocycles. The number of esters is 1. The highest BCUT2D eigenvalue weighted by Gasteiger charge is 2.18. The molecule has 0 aliphatic rings. The number of ether oxygens (including phenoxy) is 1. The van der Waals surface area contributed by atoms with Gasteiger partial charge >= 0.3 is 18.0 Å². The molecule has 2 unspecified atom stereocenters. The highest BCUT2D eigenvalue weighted by molar-refractivity contribution is 5.96. The van der Waals surface area contributed by atoms with E-state index in [0.29, 0.717) is 0 Å². The number of aliphatic carboxylic acids is 1. The maximum absolute atomic E-state index is 11.4. The molecule has 0 saturated carbocycles. The smallest absolute Gasteiger partial charge is 0.328 e. The van der Waals surface area contributed by atoms with E-state index in [1.54, 1.807) is 6.92 Å². The fourth-order valence-corrected chi connectivity index (χ4v) is 1.33. The van der Waals surface area contributed by atoms with Crippen molar-refractivity contribution in [3.05, 3.63) is 0 Å². The molecule has 0 aliphatic carbocycles. The zero-order valence-electron chi connectivity index (χ0n) is 11.1. The first-order valence-corrected chi connectivity index (χ1v) is 5.66. The Morgan fingerprint density at radius 1 is 1.16 bits per heavy atom.